The molecule has 0 aromatic carbocycles. The van der Waals surface area contributed by atoms with Crippen LogP contribution in [0.1, 0.15) is 28.4 Å². The summed E-state index contributed by atoms with van der Waals surface area (Å²) < 4.78 is 5.40. The summed E-state index contributed by atoms with van der Waals surface area (Å²) >= 11 is 1.39. The Morgan fingerprint density at radius 2 is 2.36 bits per heavy atom. The van der Waals surface area contributed by atoms with E-state index in [0.29, 0.717) is 11.5 Å². The monoisotopic (exact) mass is 214 g/mol. The van der Waals surface area contributed by atoms with E-state index < -0.39 is 0 Å². The number of amides is 1. The van der Waals surface area contributed by atoms with Crippen molar-refractivity contribution >= 4 is 17.2 Å². The van der Waals surface area contributed by atoms with Crippen LogP contribution in [0.25, 0.3) is 0 Å². The molecule has 5 heteroatoms. The topological polar surface area (TPSA) is 64.3 Å². The summed E-state index contributed by atoms with van der Waals surface area (Å²) in [6.07, 6.45) is 0.198. The lowest BCUT2D eigenvalue weighted by Gasteiger charge is -2.04. The molecule has 3 N–H and O–H groups in total. The molecule has 1 heterocycles. The number of hydrazine groups is 1. The Morgan fingerprint density at radius 1 is 1.64 bits per heavy atom. The van der Waals surface area contributed by atoms with E-state index in [-0.39, 0.29) is 12.0 Å². The molecule has 1 rings (SSSR count). The van der Waals surface area contributed by atoms with E-state index in [1.807, 2.05) is 19.9 Å². The minimum absolute atomic E-state index is 0.198. The molecular weight excluding hydrogens is 200 g/mol. The van der Waals surface area contributed by atoms with E-state index in [4.69, 9.17) is 10.6 Å². The van der Waals surface area contributed by atoms with E-state index in [0.717, 1.165) is 4.88 Å². The summed E-state index contributed by atoms with van der Waals surface area (Å²) in [4.78, 5) is 12.7. The van der Waals surface area contributed by atoms with Gasteiger partial charge < -0.3 is 4.74 Å². The summed E-state index contributed by atoms with van der Waals surface area (Å²) in [5.41, 5.74) is 2.09. The molecule has 0 fully saturated rings. The Bertz CT molecular complexity index is 310. The van der Waals surface area contributed by atoms with Crippen LogP contribution in [0.4, 0.5) is 0 Å². The maximum Gasteiger partial charge on any atom is 0.275 e. The molecule has 78 valence electrons. The Morgan fingerprint density at radius 3 is 2.93 bits per heavy atom. The summed E-state index contributed by atoms with van der Waals surface area (Å²) in [5.74, 6) is 4.75. The molecule has 1 amide bonds. The molecule has 0 saturated heterocycles. The van der Waals surface area contributed by atoms with Crippen molar-refractivity contribution in [3.63, 3.8) is 0 Å². The first-order chi connectivity index (χ1) is 6.63. The van der Waals surface area contributed by atoms with Gasteiger partial charge in [0.15, 0.2) is 0 Å². The van der Waals surface area contributed by atoms with Crippen molar-refractivity contribution in [1.82, 2.24) is 5.43 Å². The molecule has 0 spiro atoms. The predicted octanol–water partition coefficient (Wildman–Crippen LogP) is 1.28. The highest BCUT2D eigenvalue weighted by Gasteiger charge is 2.07. The van der Waals surface area contributed by atoms with Crippen molar-refractivity contribution in [2.24, 2.45) is 5.84 Å². The van der Waals surface area contributed by atoms with Crippen LogP contribution in [0, 0.1) is 0 Å². The lowest BCUT2D eigenvalue weighted by Crippen LogP contribution is -2.29. The lowest BCUT2D eigenvalue weighted by atomic mass is 10.4. The molecule has 4 nitrogen and oxygen atoms in total. The first-order valence-corrected chi connectivity index (χ1v) is 5.16. The Balaban J connectivity index is 2.55. The highest BCUT2D eigenvalue weighted by Crippen LogP contribution is 2.17. The van der Waals surface area contributed by atoms with Crippen molar-refractivity contribution in [2.75, 3.05) is 0 Å². The number of carbonyl (C=O) groups is 1. The highest BCUT2D eigenvalue weighted by molar-refractivity contribution is 7.14. The van der Waals surface area contributed by atoms with Gasteiger partial charge in [0.1, 0.15) is 0 Å². The number of hydrogen-bond donors (Lipinski definition) is 2. The van der Waals surface area contributed by atoms with Crippen LogP contribution in [0.5, 0.6) is 0 Å². The summed E-state index contributed by atoms with van der Waals surface area (Å²) in [6, 6.07) is 3.61. The molecule has 0 aliphatic carbocycles. The molecule has 0 bridgehead atoms. The highest BCUT2D eigenvalue weighted by atomic mass is 32.1. The van der Waals surface area contributed by atoms with Crippen LogP contribution in [0.2, 0.25) is 0 Å². The van der Waals surface area contributed by atoms with Gasteiger partial charge in [0, 0.05) is 4.88 Å². The van der Waals surface area contributed by atoms with Crippen molar-refractivity contribution in [3.05, 3.63) is 21.9 Å². The van der Waals surface area contributed by atoms with Gasteiger partial charge in [0.25, 0.3) is 5.91 Å². The molecule has 1 aromatic rings. The molecule has 0 saturated carbocycles. The van der Waals surface area contributed by atoms with Crippen molar-refractivity contribution in [1.29, 1.82) is 0 Å². The second kappa shape index (κ2) is 5.09. The van der Waals surface area contributed by atoms with Crippen molar-refractivity contribution < 1.29 is 9.53 Å². The molecular formula is C9H14N2O2S. The molecule has 0 atom stereocenters. The van der Waals surface area contributed by atoms with Gasteiger partial charge in [-0.05, 0) is 26.0 Å². The number of nitrogen functional groups attached to an aromatic ring is 1. The number of carbonyl (C=O) groups excluding carboxylic acids is 1. The first-order valence-electron chi connectivity index (χ1n) is 4.34. The van der Waals surface area contributed by atoms with Gasteiger partial charge >= 0.3 is 0 Å². The van der Waals surface area contributed by atoms with Crippen LogP contribution < -0.4 is 11.3 Å². The van der Waals surface area contributed by atoms with E-state index in [2.05, 4.69) is 5.43 Å². The average Bonchev–Trinajstić information content (AvgIpc) is 2.62. The Labute approximate surface area is 87.0 Å². The summed E-state index contributed by atoms with van der Waals surface area (Å²) in [6.45, 7) is 4.49. The van der Waals surface area contributed by atoms with Crippen molar-refractivity contribution in [3.8, 4) is 0 Å². The lowest BCUT2D eigenvalue weighted by molar-refractivity contribution is 0.0674. The van der Waals surface area contributed by atoms with Crippen LogP contribution >= 0.6 is 11.3 Å². The van der Waals surface area contributed by atoms with Crippen LogP contribution in [0.15, 0.2) is 12.1 Å². The molecule has 1 aromatic heterocycles. The molecule has 0 aliphatic heterocycles. The number of hydrogen-bond acceptors (Lipinski definition) is 4. The molecule has 0 unspecified atom stereocenters. The third-order valence-corrected chi connectivity index (χ3v) is 2.63. The smallest absolute Gasteiger partial charge is 0.275 e. The summed E-state index contributed by atoms with van der Waals surface area (Å²) in [7, 11) is 0. The second-order valence-electron chi connectivity index (χ2n) is 3.10. The van der Waals surface area contributed by atoms with Gasteiger partial charge in [-0.1, -0.05) is 0 Å². The number of thiophene rings is 1. The second-order valence-corrected chi connectivity index (χ2v) is 4.27. The minimum Gasteiger partial charge on any atom is -0.373 e. The van der Waals surface area contributed by atoms with E-state index in [1.54, 1.807) is 6.07 Å². The SMILES string of the molecule is CC(C)OCc1ccc(C(=O)NN)s1. The molecule has 14 heavy (non-hydrogen) atoms. The third-order valence-electron chi connectivity index (χ3n) is 1.58. The normalized spacial score (nSPS) is 10.6. The zero-order valence-electron chi connectivity index (χ0n) is 8.24. The number of rotatable bonds is 4. The molecule has 0 aliphatic rings. The fourth-order valence-electron chi connectivity index (χ4n) is 0.897. The van der Waals surface area contributed by atoms with E-state index in [9.17, 15) is 4.79 Å². The van der Waals surface area contributed by atoms with Gasteiger partial charge in [0.2, 0.25) is 0 Å². The van der Waals surface area contributed by atoms with Gasteiger partial charge in [0.05, 0.1) is 17.6 Å². The van der Waals surface area contributed by atoms with Crippen molar-refractivity contribution in [2.45, 2.75) is 26.6 Å². The average molecular weight is 214 g/mol. The van der Waals surface area contributed by atoms with Crippen LogP contribution in [0.3, 0.4) is 0 Å². The van der Waals surface area contributed by atoms with Gasteiger partial charge in [-0.15, -0.1) is 11.3 Å². The standard InChI is InChI=1S/C9H14N2O2S/c1-6(2)13-5-7-3-4-8(14-7)9(12)11-10/h3-4,6H,5,10H2,1-2H3,(H,11,12). The predicted molar refractivity (Wildman–Crippen MR) is 55.9 cm³/mol. The largest absolute Gasteiger partial charge is 0.373 e. The van der Waals surface area contributed by atoms with E-state index >= 15 is 0 Å². The Kier molecular flexibility index (Phi) is 4.06. The van der Waals surface area contributed by atoms with Gasteiger partial charge in [-0.25, -0.2) is 5.84 Å². The summed E-state index contributed by atoms with van der Waals surface area (Å²) in [5, 5.41) is 0. The third kappa shape index (κ3) is 3.10. The van der Waals surface area contributed by atoms with E-state index in [1.165, 1.54) is 11.3 Å². The number of nitrogens with two attached hydrogens (primary N) is 1. The van der Waals surface area contributed by atoms with Crippen LogP contribution in [-0.4, -0.2) is 12.0 Å². The maximum absolute atomic E-state index is 11.1. The zero-order chi connectivity index (χ0) is 10.6. The Hall–Kier alpha value is -0.910. The number of ether oxygens (including phenoxy) is 1. The van der Waals surface area contributed by atoms with Gasteiger partial charge in [-0.2, -0.15) is 0 Å². The first kappa shape index (κ1) is 11.2. The fourth-order valence-corrected chi connectivity index (χ4v) is 1.73. The quantitative estimate of drug-likeness (QED) is 0.451. The zero-order valence-corrected chi connectivity index (χ0v) is 9.06. The molecule has 0 radical (unpaired) electrons. The number of nitrogens with one attached hydrogen (secondary N) is 1. The maximum atomic E-state index is 11.1. The van der Waals surface area contributed by atoms with Crippen LogP contribution in [-0.2, 0) is 11.3 Å². The minimum atomic E-state index is -0.259. The fraction of sp³-hybridized carbons (Fsp3) is 0.444. The van der Waals surface area contributed by atoms with Gasteiger partial charge in [-0.3, -0.25) is 10.2 Å².